The number of rotatable bonds is 8. The van der Waals surface area contributed by atoms with Crippen LogP contribution in [0.5, 0.6) is 5.75 Å². The van der Waals surface area contributed by atoms with Gasteiger partial charge in [-0.3, -0.25) is 15.0 Å². The quantitative estimate of drug-likeness (QED) is 0.411. The van der Waals surface area contributed by atoms with Gasteiger partial charge in [-0.15, -0.1) is 0 Å². The van der Waals surface area contributed by atoms with Crippen LogP contribution in [-0.4, -0.2) is 53.6 Å². The standard InChI is InChI=1S/C30H35N3O2S/c1-23(2)17-22-35-27-16-10-9-15-26(27)29(34)31-30(36)33-20-18-32(19-21-33)28(24-11-5-3-6-12-24)25-13-7-4-8-14-25/h3-16,23,28H,17-22H2,1-2H3,(H,31,34,36). The van der Waals surface area contributed by atoms with Gasteiger partial charge in [0.05, 0.1) is 18.2 Å². The highest BCUT2D eigenvalue weighted by molar-refractivity contribution is 7.80. The van der Waals surface area contributed by atoms with E-state index in [4.69, 9.17) is 17.0 Å². The minimum absolute atomic E-state index is 0.188. The van der Waals surface area contributed by atoms with E-state index in [1.54, 1.807) is 6.07 Å². The average molecular weight is 502 g/mol. The molecule has 5 nitrogen and oxygen atoms in total. The highest BCUT2D eigenvalue weighted by Gasteiger charge is 2.28. The summed E-state index contributed by atoms with van der Waals surface area (Å²) in [5, 5.41) is 3.40. The van der Waals surface area contributed by atoms with Crippen molar-refractivity contribution < 1.29 is 9.53 Å². The van der Waals surface area contributed by atoms with Crippen LogP contribution in [0.25, 0.3) is 0 Å². The first-order valence-corrected chi connectivity index (χ1v) is 13.1. The van der Waals surface area contributed by atoms with Crippen LogP contribution in [0, 0.1) is 5.92 Å². The fraction of sp³-hybridized carbons (Fsp3) is 0.333. The van der Waals surface area contributed by atoms with Crippen LogP contribution in [0.1, 0.15) is 47.8 Å². The Labute approximate surface area is 220 Å². The summed E-state index contributed by atoms with van der Waals surface area (Å²) in [6, 6.07) is 28.8. The van der Waals surface area contributed by atoms with Crippen LogP contribution in [0.2, 0.25) is 0 Å². The summed E-state index contributed by atoms with van der Waals surface area (Å²) in [4.78, 5) is 17.6. The summed E-state index contributed by atoms with van der Waals surface area (Å²) in [6.45, 7) is 8.09. The molecule has 0 unspecified atom stereocenters. The van der Waals surface area contributed by atoms with Gasteiger partial charge in [-0.05, 0) is 47.8 Å². The van der Waals surface area contributed by atoms with Crippen LogP contribution in [0.3, 0.4) is 0 Å². The Bertz CT molecular complexity index is 1090. The summed E-state index contributed by atoms with van der Waals surface area (Å²) >= 11 is 5.64. The van der Waals surface area contributed by atoms with Crippen LogP contribution in [0.4, 0.5) is 0 Å². The van der Waals surface area contributed by atoms with E-state index in [1.807, 2.05) is 18.2 Å². The van der Waals surface area contributed by atoms with Gasteiger partial charge >= 0.3 is 0 Å². The van der Waals surface area contributed by atoms with Crippen molar-refractivity contribution in [3.63, 3.8) is 0 Å². The Balaban J connectivity index is 1.38. The fourth-order valence-electron chi connectivity index (χ4n) is 4.50. The predicted octanol–water partition coefficient (Wildman–Crippen LogP) is 5.53. The third kappa shape index (κ3) is 6.71. The van der Waals surface area contributed by atoms with Gasteiger partial charge in [-0.2, -0.15) is 0 Å². The molecule has 1 amide bonds. The van der Waals surface area contributed by atoms with Crippen molar-refractivity contribution in [3.05, 3.63) is 102 Å². The SMILES string of the molecule is CC(C)CCOc1ccccc1C(=O)NC(=S)N1CCN(C(c2ccccc2)c2ccccc2)CC1. The summed E-state index contributed by atoms with van der Waals surface area (Å²) in [6.07, 6.45) is 0.936. The van der Waals surface area contributed by atoms with Gasteiger partial charge in [0.2, 0.25) is 0 Å². The number of thiocarbonyl (C=S) groups is 1. The van der Waals surface area contributed by atoms with Crippen LogP contribution in [0.15, 0.2) is 84.9 Å². The molecule has 3 aromatic rings. The molecule has 0 spiro atoms. The van der Waals surface area contributed by atoms with Crippen molar-refractivity contribution in [2.24, 2.45) is 5.92 Å². The monoisotopic (exact) mass is 501 g/mol. The molecular weight excluding hydrogens is 466 g/mol. The number of nitrogens with one attached hydrogen (secondary N) is 1. The Morgan fingerprint density at radius 2 is 1.42 bits per heavy atom. The number of amides is 1. The maximum atomic E-state index is 13.0. The van der Waals surface area contributed by atoms with Gasteiger partial charge in [0.15, 0.2) is 5.11 Å². The van der Waals surface area contributed by atoms with Gasteiger partial charge in [-0.25, -0.2) is 0 Å². The minimum Gasteiger partial charge on any atom is -0.493 e. The van der Waals surface area contributed by atoms with Crippen molar-refractivity contribution in [1.29, 1.82) is 0 Å². The van der Waals surface area contributed by atoms with E-state index in [-0.39, 0.29) is 11.9 Å². The number of carbonyl (C=O) groups excluding carboxylic acids is 1. The lowest BCUT2D eigenvalue weighted by Crippen LogP contribution is -2.53. The topological polar surface area (TPSA) is 44.8 Å². The number of para-hydroxylation sites is 1. The second-order valence-corrected chi connectivity index (χ2v) is 9.92. The molecule has 0 bridgehead atoms. The van der Waals surface area contributed by atoms with Gasteiger partial charge in [0, 0.05) is 26.2 Å². The molecule has 6 heteroatoms. The van der Waals surface area contributed by atoms with Crippen molar-refractivity contribution in [1.82, 2.24) is 15.1 Å². The lowest BCUT2D eigenvalue weighted by atomic mass is 9.96. The zero-order chi connectivity index (χ0) is 25.3. The maximum absolute atomic E-state index is 13.0. The fourth-order valence-corrected chi connectivity index (χ4v) is 4.77. The molecule has 1 fully saturated rings. The first-order valence-electron chi connectivity index (χ1n) is 12.7. The molecule has 1 saturated heterocycles. The molecule has 0 aromatic heterocycles. The van der Waals surface area contributed by atoms with E-state index in [0.29, 0.717) is 29.0 Å². The molecule has 188 valence electrons. The lowest BCUT2D eigenvalue weighted by molar-refractivity contribution is 0.0963. The minimum atomic E-state index is -0.228. The zero-order valence-electron chi connectivity index (χ0n) is 21.1. The summed E-state index contributed by atoms with van der Waals surface area (Å²) in [7, 11) is 0. The normalized spacial score (nSPS) is 14.2. The van der Waals surface area contributed by atoms with Crippen molar-refractivity contribution in [2.45, 2.75) is 26.3 Å². The molecule has 1 heterocycles. The average Bonchev–Trinajstić information content (AvgIpc) is 2.90. The number of piperazine rings is 1. The van der Waals surface area contributed by atoms with Crippen LogP contribution >= 0.6 is 12.2 Å². The van der Waals surface area contributed by atoms with Gasteiger partial charge in [0.25, 0.3) is 5.91 Å². The van der Waals surface area contributed by atoms with Crippen molar-refractivity contribution >= 4 is 23.2 Å². The Morgan fingerprint density at radius 1 is 0.861 bits per heavy atom. The van der Waals surface area contributed by atoms with Crippen molar-refractivity contribution in [3.8, 4) is 5.75 Å². The van der Waals surface area contributed by atoms with Gasteiger partial charge in [0.1, 0.15) is 5.75 Å². The van der Waals surface area contributed by atoms with E-state index < -0.39 is 0 Å². The Hall–Kier alpha value is -3.22. The second kappa shape index (κ2) is 12.7. The molecule has 0 aliphatic carbocycles. The second-order valence-electron chi connectivity index (χ2n) is 9.53. The third-order valence-corrected chi connectivity index (χ3v) is 6.86. The number of nitrogens with zero attached hydrogens (tertiary/aromatic N) is 2. The smallest absolute Gasteiger partial charge is 0.261 e. The first-order chi connectivity index (χ1) is 17.5. The van der Waals surface area contributed by atoms with Crippen LogP contribution in [-0.2, 0) is 0 Å². The van der Waals surface area contributed by atoms with Gasteiger partial charge in [-0.1, -0.05) is 86.6 Å². The van der Waals surface area contributed by atoms with E-state index in [1.165, 1.54) is 11.1 Å². The molecule has 4 rings (SSSR count). The van der Waals surface area contributed by atoms with Crippen molar-refractivity contribution in [2.75, 3.05) is 32.8 Å². The Morgan fingerprint density at radius 3 is 2.00 bits per heavy atom. The van der Waals surface area contributed by atoms with E-state index in [9.17, 15) is 4.79 Å². The molecule has 0 radical (unpaired) electrons. The number of carbonyl (C=O) groups is 1. The predicted molar refractivity (Wildman–Crippen MR) is 149 cm³/mol. The highest BCUT2D eigenvalue weighted by atomic mass is 32.1. The zero-order valence-corrected chi connectivity index (χ0v) is 21.9. The number of benzene rings is 3. The molecule has 0 saturated carbocycles. The molecule has 1 aliphatic heterocycles. The number of hydrogen-bond donors (Lipinski definition) is 1. The highest BCUT2D eigenvalue weighted by Crippen LogP contribution is 2.29. The summed E-state index contributed by atoms with van der Waals surface area (Å²) in [5.74, 6) is 0.909. The Kier molecular flexibility index (Phi) is 9.09. The van der Waals surface area contributed by atoms with E-state index in [2.05, 4.69) is 89.6 Å². The summed E-state index contributed by atoms with van der Waals surface area (Å²) in [5.41, 5.74) is 3.07. The molecular formula is C30H35N3O2S. The molecule has 3 aromatic carbocycles. The number of ether oxygens (including phenoxy) is 1. The molecule has 1 aliphatic rings. The van der Waals surface area contributed by atoms with Crippen LogP contribution < -0.4 is 10.1 Å². The van der Waals surface area contributed by atoms with E-state index in [0.717, 1.165) is 32.6 Å². The van der Waals surface area contributed by atoms with E-state index >= 15 is 0 Å². The summed E-state index contributed by atoms with van der Waals surface area (Å²) < 4.78 is 5.90. The maximum Gasteiger partial charge on any atom is 0.261 e. The van der Waals surface area contributed by atoms with Gasteiger partial charge < -0.3 is 9.64 Å². The third-order valence-electron chi connectivity index (χ3n) is 6.50. The number of hydrogen-bond acceptors (Lipinski definition) is 4. The first kappa shape index (κ1) is 25.9. The molecule has 36 heavy (non-hydrogen) atoms. The molecule has 0 atom stereocenters. The molecule has 1 N–H and O–H groups in total. The largest absolute Gasteiger partial charge is 0.493 e. The lowest BCUT2D eigenvalue weighted by Gasteiger charge is -2.40.